The third-order valence-corrected chi connectivity index (χ3v) is 4.13. The van der Waals surface area contributed by atoms with E-state index in [2.05, 4.69) is 10.4 Å². The Balaban J connectivity index is 2.13. The van der Waals surface area contributed by atoms with Crippen molar-refractivity contribution in [2.24, 2.45) is 18.9 Å². The van der Waals surface area contributed by atoms with E-state index >= 15 is 0 Å². The first-order valence-electron chi connectivity index (χ1n) is 7.21. The maximum absolute atomic E-state index is 12.9. The van der Waals surface area contributed by atoms with Gasteiger partial charge in [0.1, 0.15) is 0 Å². The Kier molecular flexibility index (Phi) is 4.73. The van der Waals surface area contributed by atoms with Crippen LogP contribution in [-0.2, 0) is 7.05 Å². The molecular weight excluding hydrogens is 267 g/mol. The standard InChI is InChI=1S/C14H22F3N3/c1-3-18-13(12-7-8-20(2)19-12)10-5-4-6-11(9-10)14(15,16)17/h7-8,10-11,13,18H,3-6,9H2,1-2H3. The minimum absolute atomic E-state index is 0.00484. The predicted molar refractivity (Wildman–Crippen MR) is 71.1 cm³/mol. The monoisotopic (exact) mass is 289 g/mol. The third kappa shape index (κ3) is 3.53. The Hall–Kier alpha value is -1.04. The maximum Gasteiger partial charge on any atom is 0.391 e. The number of aryl methyl sites for hydroxylation is 1. The van der Waals surface area contributed by atoms with Gasteiger partial charge in [0.15, 0.2) is 0 Å². The summed E-state index contributed by atoms with van der Waals surface area (Å²) in [4.78, 5) is 0. The summed E-state index contributed by atoms with van der Waals surface area (Å²) < 4.78 is 40.5. The molecule has 1 aliphatic rings. The second-order valence-corrected chi connectivity index (χ2v) is 5.61. The average molecular weight is 289 g/mol. The molecule has 0 aromatic carbocycles. The molecule has 20 heavy (non-hydrogen) atoms. The van der Waals surface area contributed by atoms with E-state index in [4.69, 9.17) is 0 Å². The van der Waals surface area contributed by atoms with Crippen LogP contribution in [0.25, 0.3) is 0 Å². The Labute approximate surface area is 117 Å². The highest BCUT2D eigenvalue weighted by molar-refractivity contribution is 5.08. The van der Waals surface area contributed by atoms with Gasteiger partial charge in [-0.15, -0.1) is 0 Å². The van der Waals surface area contributed by atoms with Crippen molar-refractivity contribution >= 4 is 0 Å². The largest absolute Gasteiger partial charge is 0.391 e. The van der Waals surface area contributed by atoms with Crippen LogP contribution in [-0.4, -0.2) is 22.5 Å². The first-order chi connectivity index (χ1) is 9.41. The summed E-state index contributed by atoms with van der Waals surface area (Å²) in [6.07, 6.45) is -0.285. The van der Waals surface area contributed by atoms with Crippen molar-refractivity contribution in [1.29, 1.82) is 0 Å². The number of halogens is 3. The van der Waals surface area contributed by atoms with Gasteiger partial charge in [0.2, 0.25) is 0 Å². The number of nitrogens with zero attached hydrogens (tertiary/aromatic N) is 2. The van der Waals surface area contributed by atoms with Gasteiger partial charge in [0, 0.05) is 13.2 Å². The lowest BCUT2D eigenvalue weighted by molar-refractivity contribution is -0.186. The van der Waals surface area contributed by atoms with Crippen LogP contribution in [0.5, 0.6) is 0 Å². The molecule has 0 bridgehead atoms. The van der Waals surface area contributed by atoms with Crippen molar-refractivity contribution in [2.75, 3.05) is 6.54 Å². The van der Waals surface area contributed by atoms with Crippen LogP contribution >= 0.6 is 0 Å². The lowest BCUT2D eigenvalue weighted by Gasteiger charge is -2.35. The van der Waals surface area contributed by atoms with Gasteiger partial charge < -0.3 is 5.32 Å². The molecule has 114 valence electrons. The lowest BCUT2D eigenvalue weighted by Crippen LogP contribution is -2.36. The number of hydrogen-bond donors (Lipinski definition) is 1. The average Bonchev–Trinajstić information content (AvgIpc) is 2.81. The number of nitrogens with one attached hydrogen (secondary N) is 1. The van der Waals surface area contributed by atoms with Gasteiger partial charge in [-0.2, -0.15) is 18.3 Å². The first kappa shape index (κ1) is 15.4. The molecule has 0 spiro atoms. The molecule has 2 rings (SSSR count). The van der Waals surface area contributed by atoms with Crippen LogP contribution in [0.4, 0.5) is 13.2 Å². The quantitative estimate of drug-likeness (QED) is 0.920. The predicted octanol–water partition coefficient (Wildman–Crippen LogP) is 3.44. The van der Waals surface area contributed by atoms with Crippen molar-refractivity contribution in [3.8, 4) is 0 Å². The summed E-state index contributed by atoms with van der Waals surface area (Å²) in [6.45, 7) is 2.70. The molecule has 3 atom stereocenters. The zero-order valence-corrected chi connectivity index (χ0v) is 12.0. The van der Waals surface area contributed by atoms with E-state index in [9.17, 15) is 13.2 Å². The topological polar surface area (TPSA) is 29.9 Å². The molecule has 1 fully saturated rings. The third-order valence-electron chi connectivity index (χ3n) is 4.13. The van der Waals surface area contributed by atoms with Crippen LogP contribution in [0.2, 0.25) is 0 Å². The van der Waals surface area contributed by atoms with Gasteiger partial charge in [0.25, 0.3) is 0 Å². The van der Waals surface area contributed by atoms with Gasteiger partial charge in [-0.25, -0.2) is 0 Å². The van der Waals surface area contributed by atoms with E-state index in [-0.39, 0.29) is 24.8 Å². The van der Waals surface area contributed by atoms with E-state index < -0.39 is 12.1 Å². The molecule has 3 unspecified atom stereocenters. The Morgan fingerprint density at radius 2 is 2.20 bits per heavy atom. The second-order valence-electron chi connectivity index (χ2n) is 5.61. The molecule has 0 aliphatic heterocycles. The fraction of sp³-hybridized carbons (Fsp3) is 0.786. The van der Waals surface area contributed by atoms with Gasteiger partial charge in [0.05, 0.1) is 17.7 Å². The number of alkyl halides is 3. The summed E-state index contributed by atoms with van der Waals surface area (Å²) in [5.74, 6) is -1.16. The van der Waals surface area contributed by atoms with Gasteiger partial charge in [-0.05, 0) is 37.8 Å². The SMILES string of the molecule is CCNC(c1ccn(C)n1)C1CCCC(C(F)(F)F)C1. The van der Waals surface area contributed by atoms with E-state index in [1.165, 1.54) is 0 Å². The van der Waals surface area contributed by atoms with E-state index in [0.717, 1.165) is 18.7 Å². The molecular formula is C14H22F3N3. The Bertz CT molecular complexity index is 428. The molecule has 6 heteroatoms. The van der Waals surface area contributed by atoms with Crippen molar-refractivity contribution in [2.45, 2.75) is 44.8 Å². The highest BCUT2D eigenvalue weighted by atomic mass is 19.4. The zero-order valence-electron chi connectivity index (χ0n) is 12.0. The summed E-state index contributed by atoms with van der Waals surface area (Å²) in [7, 11) is 1.83. The summed E-state index contributed by atoms with van der Waals surface area (Å²) >= 11 is 0. The van der Waals surface area contributed by atoms with Crippen LogP contribution in [0, 0.1) is 11.8 Å². The maximum atomic E-state index is 12.9. The van der Waals surface area contributed by atoms with Crippen molar-refractivity contribution < 1.29 is 13.2 Å². The van der Waals surface area contributed by atoms with Crippen LogP contribution in [0.3, 0.4) is 0 Å². The molecule has 1 N–H and O–H groups in total. The van der Waals surface area contributed by atoms with E-state index in [0.29, 0.717) is 6.42 Å². The smallest absolute Gasteiger partial charge is 0.309 e. The van der Waals surface area contributed by atoms with E-state index in [1.807, 2.05) is 26.2 Å². The summed E-state index contributed by atoms with van der Waals surface area (Å²) in [5.41, 5.74) is 0.849. The fourth-order valence-corrected chi connectivity index (χ4v) is 3.16. The Morgan fingerprint density at radius 1 is 1.45 bits per heavy atom. The van der Waals surface area contributed by atoms with E-state index in [1.54, 1.807) is 4.68 Å². The number of aromatic nitrogens is 2. The van der Waals surface area contributed by atoms with Gasteiger partial charge in [-0.3, -0.25) is 4.68 Å². The van der Waals surface area contributed by atoms with Crippen LogP contribution in [0.15, 0.2) is 12.3 Å². The van der Waals surface area contributed by atoms with Gasteiger partial charge in [-0.1, -0.05) is 13.3 Å². The highest BCUT2D eigenvalue weighted by Crippen LogP contribution is 2.43. The zero-order chi connectivity index (χ0) is 14.8. The molecule has 1 aromatic heterocycles. The van der Waals surface area contributed by atoms with Crippen LogP contribution < -0.4 is 5.32 Å². The molecule has 1 heterocycles. The van der Waals surface area contributed by atoms with Crippen LogP contribution in [0.1, 0.15) is 44.3 Å². The summed E-state index contributed by atoms with van der Waals surface area (Å²) in [5, 5.41) is 7.68. The number of hydrogen-bond acceptors (Lipinski definition) is 2. The molecule has 0 amide bonds. The molecule has 1 aliphatic carbocycles. The normalized spacial score (nSPS) is 25.6. The summed E-state index contributed by atoms with van der Waals surface area (Å²) in [6, 6.07) is 1.82. The molecule has 1 aromatic rings. The van der Waals surface area contributed by atoms with Crippen molar-refractivity contribution in [3.63, 3.8) is 0 Å². The highest BCUT2D eigenvalue weighted by Gasteiger charge is 2.43. The van der Waals surface area contributed by atoms with Crippen molar-refractivity contribution in [1.82, 2.24) is 15.1 Å². The molecule has 1 saturated carbocycles. The second kappa shape index (κ2) is 6.16. The van der Waals surface area contributed by atoms with Crippen molar-refractivity contribution in [3.05, 3.63) is 18.0 Å². The minimum atomic E-state index is -4.07. The molecule has 0 saturated heterocycles. The molecule has 3 nitrogen and oxygen atoms in total. The minimum Gasteiger partial charge on any atom is -0.309 e. The Morgan fingerprint density at radius 3 is 2.75 bits per heavy atom. The van der Waals surface area contributed by atoms with Gasteiger partial charge >= 0.3 is 6.18 Å². The first-order valence-corrected chi connectivity index (χ1v) is 7.21. The fourth-order valence-electron chi connectivity index (χ4n) is 3.16. The number of rotatable bonds is 4. The lowest BCUT2D eigenvalue weighted by atomic mass is 9.76. The molecule has 0 radical (unpaired) electrons.